The van der Waals surface area contributed by atoms with Gasteiger partial charge in [-0.05, 0) is 26.6 Å². The number of rotatable bonds is 3. The van der Waals surface area contributed by atoms with E-state index in [0.29, 0.717) is 26.3 Å². The highest BCUT2D eigenvalue weighted by Gasteiger charge is 2.28. The largest absolute Gasteiger partial charge is 0.378 e. The summed E-state index contributed by atoms with van der Waals surface area (Å²) in [6.45, 7) is 4.71. The van der Waals surface area contributed by atoms with Crippen molar-refractivity contribution in [2.75, 3.05) is 40.4 Å². The molecule has 0 spiro atoms. The molecule has 1 aliphatic heterocycles. The van der Waals surface area contributed by atoms with Crippen LogP contribution in [0.3, 0.4) is 0 Å². The highest BCUT2D eigenvalue weighted by Crippen LogP contribution is 2.22. The Balaban J connectivity index is 2.22. The van der Waals surface area contributed by atoms with Gasteiger partial charge in [-0.3, -0.25) is 9.69 Å². The van der Waals surface area contributed by atoms with Crippen LogP contribution in [-0.4, -0.2) is 56.1 Å². The zero-order chi connectivity index (χ0) is 13.8. The van der Waals surface area contributed by atoms with E-state index in [1.54, 1.807) is 0 Å². The van der Waals surface area contributed by atoms with Crippen LogP contribution in [0, 0.1) is 6.92 Å². The van der Waals surface area contributed by atoms with Gasteiger partial charge in [0.1, 0.15) is 6.04 Å². The summed E-state index contributed by atoms with van der Waals surface area (Å²) >= 11 is 0. The quantitative estimate of drug-likeness (QED) is 0.826. The van der Waals surface area contributed by atoms with Crippen molar-refractivity contribution >= 4 is 5.91 Å². The summed E-state index contributed by atoms with van der Waals surface area (Å²) in [5, 5.41) is 0. The molecule has 0 radical (unpaired) electrons. The van der Waals surface area contributed by atoms with E-state index in [4.69, 9.17) is 4.74 Å². The van der Waals surface area contributed by atoms with Gasteiger partial charge in [0.15, 0.2) is 0 Å². The molecule has 1 aliphatic rings. The van der Waals surface area contributed by atoms with Crippen molar-refractivity contribution in [3.63, 3.8) is 0 Å². The van der Waals surface area contributed by atoms with Crippen molar-refractivity contribution in [1.82, 2.24) is 9.80 Å². The summed E-state index contributed by atoms with van der Waals surface area (Å²) in [4.78, 5) is 16.6. The Bertz CT molecular complexity index is 440. The molecule has 0 unspecified atom stereocenters. The standard InChI is InChI=1S/C15H22N2O2/c1-12-5-4-6-13(11-12)14(16(2)3)15(18)17-7-9-19-10-8-17/h4-6,11,14H,7-10H2,1-3H3/t14-/m1/s1. The zero-order valence-corrected chi connectivity index (χ0v) is 11.9. The van der Waals surface area contributed by atoms with Crippen molar-refractivity contribution in [3.05, 3.63) is 35.4 Å². The Hall–Kier alpha value is -1.39. The van der Waals surface area contributed by atoms with Gasteiger partial charge < -0.3 is 9.64 Å². The minimum atomic E-state index is -0.210. The lowest BCUT2D eigenvalue weighted by atomic mass is 10.0. The normalized spacial score (nSPS) is 17.6. The second-order valence-corrected chi connectivity index (χ2v) is 5.22. The molecule has 4 nitrogen and oxygen atoms in total. The molecule has 0 saturated carbocycles. The van der Waals surface area contributed by atoms with Gasteiger partial charge in [0.05, 0.1) is 13.2 Å². The molecule has 19 heavy (non-hydrogen) atoms. The van der Waals surface area contributed by atoms with Crippen LogP contribution in [0.25, 0.3) is 0 Å². The molecule has 0 aliphatic carbocycles. The summed E-state index contributed by atoms with van der Waals surface area (Å²) < 4.78 is 5.31. The van der Waals surface area contributed by atoms with Crippen molar-refractivity contribution in [2.45, 2.75) is 13.0 Å². The average molecular weight is 262 g/mol. The Labute approximate surface area is 115 Å². The second kappa shape index (κ2) is 6.17. The number of carbonyl (C=O) groups excluding carboxylic acids is 1. The number of morpholine rings is 1. The summed E-state index contributed by atoms with van der Waals surface area (Å²) in [6, 6.07) is 7.96. The highest BCUT2D eigenvalue weighted by molar-refractivity contribution is 5.83. The predicted molar refractivity (Wildman–Crippen MR) is 75.0 cm³/mol. The first-order valence-corrected chi connectivity index (χ1v) is 6.69. The number of nitrogens with zero attached hydrogens (tertiary/aromatic N) is 2. The van der Waals surface area contributed by atoms with Crippen LogP contribution in [0.2, 0.25) is 0 Å². The molecule has 104 valence electrons. The lowest BCUT2D eigenvalue weighted by Gasteiger charge is -2.33. The average Bonchev–Trinajstić information content (AvgIpc) is 2.39. The molecule has 4 heteroatoms. The van der Waals surface area contributed by atoms with Gasteiger partial charge in [-0.1, -0.05) is 29.8 Å². The van der Waals surface area contributed by atoms with Crippen molar-refractivity contribution in [1.29, 1.82) is 0 Å². The van der Waals surface area contributed by atoms with Crippen LogP contribution in [0.4, 0.5) is 0 Å². The van der Waals surface area contributed by atoms with Crippen LogP contribution in [0.15, 0.2) is 24.3 Å². The minimum Gasteiger partial charge on any atom is -0.378 e. The number of benzene rings is 1. The number of likely N-dealkylation sites (N-methyl/N-ethyl adjacent to an activating group) is 1. The van der Waals surface area contributed by atoms with Crippen molar-refractivity contribution in [3.8, 4) is 0 Å². The van der Waals surface area contributed by atoms with Gasteiger partial charge in [0, 0.05) is 13.1 Å². The summed E-state index contributed by atoms with van der Waals surface area (Å²) in [6.07, 6.45) is 0. The Morgan fingerprint density at radius 1 is 1.32 bits per heavy atom. The fourth-order valence-electron chi connectivity index (χ4n) is 2.46. The molecule has 0 aromatic heterocycles. The molecule has 1 amide bonds. The number of hydrogen-bond donors (Lipinski definition) is 0. The van der Waals surface area contributed by atoms with Gasteiger partial charge in [0.25, 0.3) is 0 Å². The van der Waals surface area contributed by atoms with Gasteiger partial charge in [-0.25, -0.2) is 0 Å². The third-order valence-corrected chi connectivity index (χ3v) is 3.43. The fraction of sp³-hybridized carbons (Fsp3) is 0.533. The van der Waals surface area contributed by atoms with E-state index in [9.17, 15) is 4.79 Å². The van der Waals surface area contributed by atoms with Crippen LogP contribution in [-0.2, 0) is 9.53 Å². The lowest BCUT2D eigenvalue weighted by molar-refractivity contribution is -0.140. The highest BCUT2D eigenvalue weighted by atomic mass is 16.5. The lowest BCUT2D eigenvalue weighted by Crippen LogP contribution is -2.46. The van der Waals surface area contributed by atoms with E-state index in [1.165, 1.54) is 5.56 Å². The van der Waals surface area contributed by atoms with E-state index in [1.807, 2.05) is 36.0 Å². The predicted octanol–water partition coefficient (Wildman–Crippen LogP) is 1.46. The first kappa shape index (κ1) is 14.0. The van der Waals surface area contributed by atoms with E-state index in [-0.39, 0.29) is 11.9 Å². The van der Waals surface area contributed by atoms with Gasteiger partial charge in [-0.2, -0.15) is 0 Å². The van der Waals surface area contributed by atoms with E-state index in [0.717, 1.165) is 5.56 Å². The van der Waals surface area contributed by atoms with E-state index in [2.05, 4.69) is 19.1 Å². The van der Waals surface area contributed by atoms with Crippen LogP contribution >= 0.6 is 0 Å². The van der Waals surface area contributed by atoms with Crippen LogP contribution < -0.4 is 0 Å². The Morgan fingerprint density at radius 3 is 2.58 bits per heavy atom. The first-order chi connectivity index (χ1) is 9.09. The molecule has 1 fully saturated rings. The maximum Gasteiger partial charge on any atom is 0.244 e. The van der Waals surface area contributed by atoms with Crippen molar-refractivity contribution in [2.24, 2.45) is 0 Å². The second-order valence-electron chi connectivity index (χ2n) is 5.22. The number of hydrogen-bond acceptors (Lipinski definition) is 3. The summed E-state index contributed by atoms with van der Waals surface area (Å²) in [7, 11) is 3.90. The molecular formula is C15H22N2O2. The smallest absolute Gasteiger partial charge is 0.244 e. The Morgan fingerprint density at radius 2 is 2.00 bits per heavy atom. The number of aryl methyl sites for hydroxylation is 1. The topological polar surface area (TPSA) is 32.8 Å². The molecule has 2 rings (SSSR count). The fourth-order valence-corrected chi connectivity index (χ4v) is 2.46. The Kier molecular flexibility index (Phi) is 4.56. The van der Waals surface area contributed by atoms with Gasteiger partial charge in [0.2, 0.25) is 5.91 Å². The molecule has 1 atom stereocenters. The number of ether oxygens (including phenoxy) is 1. The minimum absolute atomic E-state index is 0.166. The molecular weight excluding hydrogens is 240 g/mol. The maximum atomic E-state index is 12.7. The molecule has 0 bridgehead atoms. The molecule has 0 N–H and O–H groups in total. The SMILES string of the molecule is Cc1cccc([C@H](C(=O)N2CCOCC2)N(C)C)c1. The zero-order valence-electron chi connectivity index (χ0n) is 11.9. The molecule has 1 aromatic carbocycles. The summed E-state index contributed by atoms with van der Waals surface area (Å²) in [5.74, 6) is 0.166. The van der Waals surface area contributed by atoms with Gasteiger partial charge >= 0.3 is 0 Å². The number of amides is 1. The van der Waals surface area contributed by atoms with Crippen LogP contribution in [0.1, 0.15) is 17.2 Å². The first-order valence-electron chi connectivity index (χ1n) is 6.69. The third-order valence-electron chi connectivity index (χ3n) is 3.43. The number of carbonyl (C=O) groups is 1. The van der Waals surface area contributed by atoms with Crippen LogP contribution in [0.5, 0.6) is 0 Å². The van der Waals surface area contributed by atoms with E-state index < -0.39 is 0 Å². The molecule has 1 saturated heterocycles. The monoisotopic (exact) mass is 262 g/mol. The van der Waals surface area contributed by atoms with Crippen molar-refractivity contribution < 1.29 is 9.53 Å². The van der Waals surface area contributed by atoms with Gasteiger partial charge in [-0.15, -0.1) is 0 Å². The molecule has 1 aromatic rings. The third kappa shape index (κ3) is 3.33. The summed E-state index contributed by atoms with van der Waals surface area (Å²) in [5.41, 5.74) is 2.24. The maximum absolute atomic E-state index is 12.7. The van der Waals surface area contributed by atoms with E-state index >= 15 is 0 Å². The molecule has 1 heterocycles.